The highest BCUT2D eigenvalue weighted by Crippen LogP contribution is 2.32. The summed E-state index contributed by atoms with van der Waals surface area (Å²) in [6, 6.07) is 10.8. The fraction of sp³-hybridized carbons (Fsp3) is 0.227. The summed E-state index contributed by atoms with van der Waals surface area (Å²) in [4.78, 5) is 11.0. The highest BCUT2D eigenvalue weighted by atomic mass is 15.3. The van der Waals surface area contributed by atoms with Crippen molar-refractivity contribution in [2.24, 2.45) is 0 Å². The van der Waals surface area contributed by atoms with Gasteiger partial charge in [-0.25, -0.2) is 14.6 Å². The Balaban J connectivity index is 1.29. The zero-order chi connectivity index (χ0) is 20.6. The molecule has 0 aliphatic carbocycles. The fourth-order valence-corrected chi connectivity index (χ4v) is 4.33. The van der Waals surface area contributed by atoms with Crippen LogP contribution in [0.3, 0.4) is 0 Å². The molecule has 6 rings (SSSR count). The minimum absolute atomic E-state index is 0.401. The number of anilines is 1. The summed E-state index contributed by atoms with van der Waals surface area (Å²) >= 11 is 0. The highest BCUT2D eigenvalue weighted by molar-refractivity contribution is 5.95. The van der Waals surface area contributed by atoms with Crippen LogP contribution in [0.15, 0.2) is 61.6 Å². The third-order valence-electron chi connectivity index (χ3n) is 6.01. The lowest BCUT2D eigenvalue weighted by atomic mass is 10.0. The summed E-state index contributed by atoms with van der Waals surface area (Å²) < 4.78 is 1.97. The number of piperidine rings is 1. The van der Waals surface area contributed by atoms with Crippen molar-refractivity contribution < 1.29 is 0 Å². The van der Waals surface area contributed by atoms with Crippen LogP contribution in [-0.2, 0) is 0 Å². The van der Waals surface area contributed by atoms with E-state index in [1.54, 1.807) is 12.7 Å². The predicted molar refractivity (Wildman–Crippen MR) is 117 cm³/mol. The number of aromatic nitrogens is 8. The first-order valence-corrected chi connectivity index (χ1v) is 10.4. The Kier molecular flexibility index (Phi) is 4.22. The first kappa shape index (κ1) is 17.8. The topological polar surface area (TPSA) is 104 Å². The summed E-state index contributed by atoms with van der Waals surface area (Å²) in [6.07, 6.45) is 11.0. The van der Waals surface area contributed by atoms with Crippen LogP contribution < -0.4 is 4.90 Å². The molecule has 31 heavy (non-hydrogen) atoms. The fourth-order valence-electron chi connectivity index (χ4n) is 4.33. The summed E-state index contributed by atoms with van der Waals surface area (Å²) in [7, 11) is 0. The van der Waals surface area contributed by atoms with Crippen molar-refractivity contribution in [3.8, 4) is 22.4 Å². The van der Waals surface area contributed by atoms with E-state index in [2.05, 4.69) is 64.6 Å². The zero-order valence-electron chi connectivity index (χ0n) is 16.8. The van der Waals surface area contributed by atoms with E-state index in [0.29, 0.717) is 6.04 Å². The van der Waals surface area contributed by atoms with Crippen LogP contribution in [0.25, 0.3) is 33.3 Å². The van der Waals surface area contributed by atoms with Crippen molar-refractivity contribution in [3.05, 3.63) is 61.6 Å². The number of H-pyrrole nitrogens is 2. The van der Waals surface area contributed by atoms with Crippen LogP contribution in [0, 0.1) is 0 Å². The monoisotopic (exact) mass is 411 g/mol. The van der Waals surface area contributed by atoms with Gasteiger partial charge in [0.1, 0.15) is 24.2 Å². The molecule has 1 fully saturated rings. The molecule has 5 heterocycles. The molecule has 1 aromatic carbocycles. The molecule has 4 aromatic heterocycles. The lowest BCUT2D eigenvalue weighted by molar-refractivity contribution is 0.365. The molecule has 0 amide bonds. The van der Waals surface area contributed by atoms with Gasteiger partial charge in [0, 0.05) is 42.0 Å². The largest absolute Gasteiger partial charge is 0.356 e. The SMILES string of the molecule is c1cc(-c2n[nH]c3ccc(-c4cn[nH]c4)cc23)cc(N2CCC(n3cncn3)CC2)n1. The van der Waals surface area contributed by atoms with Crippen LogP contribution in [-0.4, -0.2) is 53.2 Å². The molecule has 0 atom stereocenters. The van der Waals surface area contributed by atoms with Crippen molar-refractivity contribution in [2.45, 2.75) is 18.9 Å². The molecule has 1 saturated heterocycles. The van der Waals surface area contributed by atoms with E-state index in [9.17, 15) is 0 Å². The first-order chi connectivity index (χ1) is 15.3. The number of pyridine rings is 1. The predicted octanol–water partition coefficient (Wildman–Crippen LogP) is 3.45. The van der Waals surface area contributed by atoms with Gasteiger partial charge in [0.2, 0.25) is 0 Å². The molecule has 2 N–H and O–H groups in total. The van der Waals surface area contributed by atoms with Crippen LogP contribution >= 0.6 is 0 Å². The van der Waals surface area contributed by atoms with Gasteiger partial charge in [-0.2, -0.15) is 15.3 Å². The van der Waals surface area contributed by atoms with Gasteiger partial charge in [-0.05, 0) is 42.7 Å². The van der Waals surface area contributed by atoms with Gasteiger partial charge in [0.15, 0.2) is 0 Å². The van der Waals surface area contributed by atoms with E-state index < -0.39 is 0 Å². The quantitative estimate of drug-likeness (QED) is 0.469. The van der Waals surface area contributed by atoms with E-state index in [1.165, 1.54) is 0 Å². The highest BCUT2D eigenvalue weighted by Gasteiger charge is 2.22. The number of aromatic amines is 2. The molecular formula is C22H21N9. The molecule has 9 nitrogen and oxygen atoms in total. The first-order valence-electron chi connectivity index (χ1n) is 10.4. The van der Waals surface area contributed by atoms with E-state index in [1.807, 2.05) is 29.3 Å². The molecule has 9 heteroatoms. The molecule has 0 spiro atoms. The standard InChI is InChI=1S/C22H21N9/c1-2-20-19(9-15(1)17-11-25-26-12-17)22(29-28-20)16-3-6-24-21(10-16)30-7-4-18(5-8-30)31-14-23-13-27-31/h1-3,6,9-14,18H,4-5,7-8H2,(H,25,26)(H,28,29). The number of fused-ring (bicyclic) bond motifs is 1. The van der Waals surface area contributed by atoms with E-state index in [4.69, 9.17) is 0 Å². The molecule has 1 aliphatic heterocycles. The van der Waals surface area contributed by atoms with Gasteiger partial charge < -0.3 is 4.90 Å². The normalized spacial score (nSPS) is 15.0. The zero-order valence-corrected chi connectivity index (χ0v) is 16.8. The van der Waals surface area contributed by atoms with Crippen molar-refractivity contribution in [1.82, 2.24) is 40.1 Å². The Bertz CT molecular complexity index is 1300. The maximum Gasteiger partial charge on any atom is 0.137 e. The third-order valence-corrected chi connectivity index (χ3v) is 6.01. The van der Waals surface area contributed by atoms with Gasteiger partial charge in [-0.1, -0.05) is 6.07 Å². The number of hydrogen-bond donors (Lipinski definition) is 2. The average Bonchev–Trinajstić information content (AvgIpc) is 3.61. The molecule has 0 bridgehead atoms. The minimum Gasteiger partial charge on any atom is -0.356 e. The Labute approximate surface area is 178 Å². The minimum atomic E-state index is 0.401. The summed E-state index contributed by atoms with van der Waals surface area (Å²) in [5, 5.41) is 20.1. The molecule has 0 radical (unpaired) electrons. The number of nitrogens with zero attached hydrogens (tertiary/aromatic N) is 7. The Morgan fingerprint density at radius 2 is 1.94 bits per heavy atom. The van der Waals surface area contributed by atoms with Gasteiger partial charge >= 0.3 is 0 Å². The number of hydrogen-bond acceptors (Lipinski definition) is 6. The van der Waals surface area contributed by atoms with Gasteiger partial charge in [-0.3, -0.25) is 10.2 Å². The van der Waals surface area contributed by atoms with Crippen molar-refractivity contribution in [3.63, 3.8) is 0 Å². The number of nitrogens with one attached hydrogen (secondary N) is 2. The van der Waals surface area contributed by atoms with Gasteiger partial charge in [-0.15, -0.1) is 0 Å². The van der Waals surface area contributed by atoms with Crippen LogP contribution in [0.2, 0.25) is 0 Å². The number of rotatable bonds is 4. The average molecular weight is 411 g/mol. The third kappa shape index (κ3) is 3.24. The number of benzene rings is 1. The second-order valence-electron chi connectivity index (χ2n) is 7.82. The van der Waals surface area contributed by atoms with Crippen LogP contribution in [0.4, 0.5) is 5.82 Å². The Hall–Kier alpha value is -4.01. The summed E-state index contributed by atoms with van der Waals surface area (Å²) in [5.74, 6) is 0.983. The second kappa shape index (κ2) is 7.35. The Morgan fingerprint density at radius 3 is 2.74 bits per heavy atom. The molecule has 0 saturated carbocycles. The van der Waals surface area contributed by atoms with E-state index >= 15 is 0 Å². The summed E-state index contributed by atoms with van der Waals surface area (Å²) in [5.41, 5.74) is 5.16. The smallest absolute Gasteiger partial charge is 0.137 e. The van der Waals surface area contributed by atoms with Crippen molar-refractivity contribution in [1.29, 1.82) is 0 Å². The lowest BCUT2D eigenvalue weighted by Crippen LogP contribution is -2.35. The molecule has 1 aliphatic rings. The van der Waals surface area contributed by atoms with Crippen molar-refractivity contribution >= 4 is 16.7 Å². The second-order valence-corrected chi connectivity index (χ2v) is 7.82. The molecular weight excluding hydrogens is 390 g/mol. The maximum atomic E-state index is 4.64. The molecule has 5 aromatic rings. The molecule has 154 valence electrons. The van der Waals surface area contributed by atoms with Gasteiger partial charge in [0.05, 0.1) is 17.8 Å². The summed E-state index contributed by atoms with van der Waals surface area (Å²) in [6.45, 7) is 1.87. The Morgan fingerprint density at radius 1 is 1.00 bits per heavy atom. The maximum absolute atomic E-state index is 4.64. The van der Waals surface area contributed by atoms with Crippen LogP contribution in [0.5, 0.6) is 0 Å². The van der Waals surface area contributed by atoms with Crippen LogP contribution in [0.1, 0.15) is 18.9 Å². The lowest BCUT2D eigenvalue weighted by Gasteiger charge is -2.32. The van der Waals surface area contributed by atoms with E-state index in [0.717, 1.165) is 65.0 Å². The van der Waals surface area contributed by atoms with E-state index in [-0.39, 0.29) is 0 Å². The van der Waals surface area contributed by atoms with Gasteiger partial charge in [0.25, 0.3) is 0 Å². The van der Waals surface area contributed by atoms with Crippen molar-refractivity contribution in [2.75, 3.05) is 18.0 Å². The molecule has 0 unspecified atom stereocenters.